The van der Waals surface area contributed by atoms with Gasteiger partial charge in [0.1, 0.15) is 21.8 Å². The minimum atomic E-state index is -3.89. The highest BCUT2D eigenvalue weighted by atomic mass is 32.2. The fourth-order valence-corrected chi connectivity index (χ4v) is 7.18. The summed E-state index contributed by atoms with van der Waals surface area (Å²) < 4.78 is 41.6. The standard InChI is InChI=1S/C33H37N3O6S2/c1-23-19-36(24(2)22-37)33(38)28-11-7-12-29(34-44(39,40)31-13-8-18-43-31)32(28)42-30(23)21-35(3)20-25-14-16-27(17-15-25)41-26-9-5-4-6-10-26/h4-18,23-24,30,34,37H,19-22H2,1-3H3/t23-,24-,30-/m1/s1. The Balaban J connectivity index is 1.38. The molecule has 2 N–H and O–H groups in total. The number of aliphatic hydroxyl groups is 1. The number of fused-ring (bicyclic) bond motifs is 1. The van der Waals surface area contributed by atoms with Gasteiger partial charge in [-0.3, -0.25) is 14.4 Å². The van der Waals surface area contributed by atoms with E-state index >= 15 is 0 Å². The number of benzene rings is 3. The second-order valence-electron chi connectivity index (χ2n) is 11.1. The lowest BCUT2D eigenvalue weighted by molar-refractivity contribution is 0.0344. The summed E-state index contributed by atoms with van der Waals surface area (Å²) in [5, 5.41) is 11.6. The minimum absolute atomic E-state index is 0.132. The van der Waals surface area contributed by atoms with Crippen LogP contribution in [0.1, 0.15) is 29.8 Å². The predicted molar refractivity (Wildman–Crippen MR) is 172 cm³/mol. The maximum atomic E-state index is 13.7. The van der Waals surface area contributed by atoms with Gasteiger partial charge >= 0.3 is 0 Å². The van der Waals surface area contributed by atoms with Crippen LogP contribution in [-0.2, 0) is 16.6 Å². The monoisotopic (exact) mass is 635 g/mol. The van der Waals surface area contributed by atoms with E-state index in [1.807, 2.05) is 68.6 Å². The molecule has 11 heteroatoms. The molecule has 0 radical (unpaired) electrons. The Morgan fingerprint density at radius 1 is 1.05 bits per heavy atom. The molecule has 5 rings (SSSR count). The molecule has 0 saturated carbocycles. The fourth-order valence-electron chi connectivity index (χ4n) is 5.12. The molecule has 0 unspecified atom stereocenters. The van der Waals surface area contributed by atoms with Crippen molar-refractivity contribution < 1.29 is 27.8 Å². The zero-order valence-electron chi connectivity index (χ0n) is 24.9. The maximum absolute atomic E-state index is 13.7. The van der Waals surface area contributed by atoms with Crippen LogP contribution in [0.25, 0.3) is 0 Å². The third-order valence-corrected chi connectivity index (χ3v) is 10.3. The van der Waals surface area contributed by atoms with E-state index in [-0.39, 0.29) is 39.6 Å². The number of rotatable bonds is 11. The number of likely N-dealkylation sites (N-methyl/N-ethyl adjacent to an activating group) is 1. The molecule has 0 spiro atoms. The SMILES string of the molecule is C[C@@H]1CN([C@H](C)CO)C(=O)c2cccc(NS(=O)(=O)c3cccs3)c2O[C@@H]1CN(C)Cc1ccc(Oc2ccccc2)cc1. The molecule has 0 aliphatic carbocycles. The molecule has 0 bridgehead atoms. The first-order valence-electron chi connectivity index (χ1n) is 14.4. The quantitative estimate of drug-likeness (QED) is 0.218. The van der Waals surface area contributed by atoms with Crippen molar-refractivity contribution in [2.24, 2.45) is 5.92 Å². The maximum Gasteiger partial charge on any atom is 0.271 e. The van der Waals surface area contributed by atoms with E-state index < -0.39 is 22.2 Å². The highest BCUT2D eigenvalue weighted by Crippen LogP contribution is 2.36. The molecule has 1 aliphatic heterocycles. The topological polar surface area (TPSA) is 108 Å². The zero-order chi connectivity index (χ0) is 31.3. The molecule has 44 heavy (non-hydrogen) atoms. The van der Waals surface area contributed by atoms with Gasteiger partial charge in [-0.25, -0.2) is 8.42 Å². The van der Waals surface area contributed by atoms with Gasteiger partial charge in [-0.05, 0) is 67.4 Å². The number of nitrogens with one attached hydrogen (secondary N) is 1. The first kappa shape index (κ1) is 31.5. The number of hydrogen-bond acceptors (Lipinski definition) is 8. The third kappa shape index (κ3) is 7.41. The average Bonchev–Trinajstić information content (AvgIpc) is 3.57. The van der Waals surface area contributed by atoms with E-state index in [9.17, 15) is 18.3 Å². The molecule has 4 aromatic rings. The summed E-state index contributed by atoms with van der Waals surface area (Å²) in [6.45, 7) is 5.10. The smallest absolute Gasteiger partial charge is 0.271 e. The first-order valence-corrected chi connectivity index (χ1v) is 16.8. The van der Waals surface area contributed by atoms with Gasteiger partial charge < -0.3 is 19.5 Å². The second kappa shape index (κ2) is 13.8. The summed E-state index contributed by atoms with van der Waals surface area (Å²) in [6, 6.07) is 25.2. The lowest BCUT2D eigenvalue weighted by Crippen LogP contribution is -2.49. The van der Waals surface area contributed by atoms with Crippen LogP contribution in [0.5, 0.6) is 17.2 Å². The average molecular weight is 636 g/mol. The van der Waals surface area contributed by atoms with Crippen molar-refractivity contribution in [1.29, 1.82) is 0 Å². The lowest BCUT2D eigenvalue weighted by atomic mass is 9.99. The highest BCUT2D eigenvalue weighted by Gasteiger charge is 2.35. The number of sulfonamides is 1. The Morgan fingerprint density at radius 3 is 2.45 bits per heavy atom. The number of hydrogen-bond donors (Lipinski definition) is 2. The second-order valence-corrected chi connectivity index (χ2v) is 14.0. The van der Waals surface area contributed by atoms with Crippen LogP contribution in [0.15, 0.2) is 94.5 Å². The van der Waals surface area contributed by atoms with Crippen LogP contribution in [0, 0.1) is 5.92 Å². The van der Waals surface area contributed by atoms with E-state index in [0.29, 0.717) is 19.6 Å². The summed E-state index contributed by atoms with van der Waals surface area (Å²) >= 11 is 1.10. The lowest BCUT2D eigenvalue weighted by Gasteiger charge is -2.38. The van der Waals surface area contributed by atoms with E-state index in [1.165, 1.54) is 6.07 Å². The molecular formula is C33H37N3O6S2. The molecule has 9 nitrogen and oxygen atoms in total. The Kier molecular flexibility index (Phi) is 9.90. The van der Waals surface area contributed by atoms with Crippen LogP contribution in [0.4, 0.5) is 5.69 Å². The number of amides is 1. The largest absolute Gasteiger partial charge is 0.486 e. The van der Waals surface area contributed by atoms with Crippen LogP contribution in [0.2, 0.25) is 0 Å². The summed E-state index contributed by atoms with van der Waals surface area (Å²) in [5.41, 5.74) is 1.52. The molecule has 1 aromatic heterocycles. The first-order chi connectivity index (χ1) is 21.1. The highest BCUT2D eigenvalue weighted by molar-refractivity contribution is 7.94. The molecule has 1 aliphatic rings. The Hall–Kier alpha value is -3.90. The van der Waals surface area contributed by atoms with Crippen molar-refractivity contribution in [2.45, 2.75) is 36.7 Å². The number of carbonyl (C=O) groups is 1. The molecule has 232 valence electrons. The van der Waals surface area contributed by atoms with Gasteiger partial charge in [-0.2, -0.15) is 0 Å². The van der Waals surface area contributed by atoms with Crippen molar-refractivity contribution in [3.8, 4) is 17.2 Å². The fraction of sp³-hybridized carbons (Fsp3) is 0.303. The Bertz CT molecular complexity index is 1650. The number of carbonyl (C=O) groups excluding carboxylic acids is 1. The van der Waals surface area contributed by atoms with Gasteiger partial charge in [0.2, 0.25) is 0 Å². The summed E-state index contributed by atoms with van der Waals surface area (Å²) in [4.78, 5) is 17.5. The number of aliphatic hydroxyl groups excluding tert-OH is 1. The van der Waals surface area contributed by atoms with Gasteiger partial charge in [-0.1, -0.05) is 49.4 Å². The molecule has 3 atom stereocenters. The van der Waals surface area contributed by atoms with Gasteiger partial charge in [0, 0.05) is 25.6 Å². The Morgan fingerprint density at radius 2 is 1.77 bits per heavy atom. The normalized spacial score (nSPS) is 17.8. The predicted octanol–water partition coefficient (Wildman–Crippen LogP) is 5.69. The van der Waals surface area contributed by atoms with Crippen LogP contribution < -0.4 is 14.2 Å². The van der Waals surface area contributed by atoms with Crippen molar-refractivity contribution >= 4 is 33.0 Å². The van der Waals surface area contributed by atoms with E-state index in [4.69, 9.17) is 9.47 Å². The van der Waals surface area contributed by atoms with E-state index in [2.05, 4.69) is 9.62 Å². The number of nitrogens with zero attached hydrogens (tertiary/aromatic N) is 2. The number of ether oxygens (including phenoxy) is 2. The summed E-state index contributed by atoms with van der Waals surface area (Å²) in [7, 11) is -1.90. The van der Waals surface area contributed by atoms with Crippen LogP contribution in [-0.4, -0.2) is 68.1 Å². The molecule has 0 saturated heterocycles. The van der Waals surface area contributed by atoms with Crippen molar-refractivity contribution in [2.75, 3.05) is 31.5 Å². The molecule has 2 heterocycles. The minimum Gasteiger partial charge on any atom is -0.486 e. The number of para-hydroxylation sites is 2. The molecular weight excluding hydrogens is 599 g/mol. The van der Waals surface area contributed by atoms with Crippen molar-refractivity contribution in [3.63, 3.8) is 0 Å². The van der Waals surface area contributed by atoms with Crippen LogP contribution >= 0.6 is 11.3 Å². The van der Waals surface area contributed by atoms with Gasteiger partial charge in [0.15, 0.2) is 5.75 Å². The molecule has 3 aromatic carbocycles. The number of thiophene rings is 1. The Labute approximate surface area is 262 Å². The van der Waals surface area contributed by atoms with Crippen molar-refractivity contribution in [1.82, 2.24) is 9.80 Å². The van der Waals surface area contributed by atoms with Crippen LogP contribution in [0.3, 0.4) is 0 Å². The summed E-state index contributed by atoms with van der Waals surface area (Å²) in [6.07, 6.45) is -0.395. The zero-order valence-corrected chi connectivity index (χ0v) is 26.6. The molecule has 0 fully saturated rings. The van der Waals surface area contributed by atoms with Gasteiger partial charge in [0.25, 0.3) is 15.9 Å². The van der Waals surface area contributed by atoms with E-state index in [0.717, 1.165) is 28.4 Å². The summed E-state index contributed by atoms with van der Waals surface area (Å²) in [5.74, 6) is 1.24. The third-order valence-electron chi connectivity index (χ3n) is 7.54. The van der Waals surface area contributed by atoms with Crippen molar-refractivity contribution in [3.05, 3.63) is 101 Å². The van der Waals surface area contributed by atoms with E-state index in [1.54, 1.807) is 41.5 Å². The van der Waals surface area contributed by atoms with Gasteiger partial charge in [0.05, 0.1) is 23.9 Å². The molecule has 1 amide bonds. The number of anilines is 1. The van der Waals surface area contributed by atoms with Gasteiger partial charge in [-0.15, -0.1) is 11.3 Å².